The van der Waals surface area contributed by atoms with Crippen molar-refractivity contribution in [3.63, 3.8) is 0 Å². The molecule has 3 saturated heterocycles. The molecule has 2 unspecified atom stereocenters. The monoisotopic (exact) mass is 559 g/mol. The van der Waals surface area contributed by atoms with Crippen molar-refractivity contribution in [2.24, 2.45) is 0 Å². The van der Waals surface area contributed by atoms with E-state index in [9.17, 15) is 19.6 Å². The van der Waals surface area contributed by atoms with Crippen molar-refractivity contribution in [3.8, 4) is 6.07 Å². The van der Waals surface area contributed by atoms with Crippen LogP contribution in [0.4, 0.5) is 10.5 Å². The lowest BCUT2D eigenvalue weighted by Gasteiger charge is -2.34. The zero-order chi connectivity index (χ0) is 29.3. The fourth-order valence-electron chi connectivity index (χ4n) is 6.54. The summed E-state index contributed by atoms with van der Waals surface area (Å²) >= 11 is 0. The molecule has 2 aromatic carbocycles. The molecule has 10 nitrogen and oxygen atoms in total. The number of carbonyl (C=O) groups excluding carboxylic acids is 3. The van der Waals surface area contributed by atoms with Crippen molar-refractivity contribution in [2.45, 2.75) is 57.3 Å². The molecule has 3 atom stereocenters. The molecule has 4 amide bonds. The molecular formula is C32H29N7O3. The predicted molar refractivity (Wildman–Crippen MR) is 155 cm³/mol. The zero-order valence-electron chi connectivity index (χ0n) is 23.6. The van der Waals surface area contributed by atoms with E-state index >= 15 is 0 Å². The van der Waals surface area contributed by atoms with E-state index in [1.54, 1.807) is 38.7 Å². The van der Waals surface area contributed by atoms with Crippen molar-refractivity contribution in [1.29, 1.82) is 5.26 Å². The Labute approximate surface area is 242 Å². The van der Waals surface area contributed by atoms with Gasteiger partial charge in [-0.1, -0.05) is 75.4 Å². The number of nitriles is 1. The second-order valence-corrected chi connectivity index (χ2v) is 12.2. The number of hydrogen-bond donors (Lipinski definition) is 0. The predicted octanol–water partition coefficient (Wildman–Crippen LogP) is 4.08. The molecule has 2 bridgehead atoms. The molecule has 0 aliphatic carbocycles. The summed E-state index contributed by atoms with van der Waals surface area (Å²) in [4.78, 5) is 50.6. The smallest absolute Gasteiger partial charge is 0.330 e. The topological polar surface area (TPSA) is 115 Å². The minimum absolute atomic E-state index is 0.190. The average molecular weight is 560 g/mol. The first-order valence-electron chi connectivity index (χ1n) is 14.0. The summed E-state index contributed by atoms with van der Waals surface area (Å²) in [5.74, 6) is -0.569. The number of amides is 4. The summed E-state index contributed by atoms with van der Waals surface area (Å²) < 4.78 is 1.75. The maximum absolute atomic E-state index is 14.2. The zero-order valence-corrected chi connectivity index (χ0v) is 23.6. The number of fused-ring (bicyclic) bond motifs is 6. The second kappa shape index (κ2) is 9.24. The van der Waals surface area contributed by atoms with Crippen LogP contribution in [0.15, 0.2) is 66.9 Å². The third-order valence-corrected chi connectivity index (χ3v) is 8.59. The van der Waals surface area contributed by atoms with E-state index in [4.69, 9.17) is 5.10 Å². The number of carbonyl (C=O) groups is 3. The highest BCUT2D eigenvalue weighted by Crippen LogP contribution is 2.44. The van der Waals surface area contributed by atoms with E-state index in [2.05, 4.69) is 31.8 Å². The molecule has 0 radical (unpaired) electrons. The standard InChI is InChI=1S/C32H29N7O3/c1-32(2,3)27-14-25(37(35-27)17-19-9-5-4-6-10-19)29(40)36-18-20-13-24(36)28-30(41)39(31(42)38(20)28)26-16-34-23(15-33)21-11-7-8-12-22(21)26/h4-12,14,16,20,24,28H,13,17-18H2,1-3H3/t20-,24?,28?/m1/s1. The Morgan fingerprint density at radius 3 is 2.48 bits per heavy atom. The van der Waals surface area contributed by atoms with Gasteiger partial charge in [-0.15, -0.1) is 0 Å². The lowest BCUT2D eigenvalue weighted by Crippen LogP contribution is -2.55. The number of pyridine rings is 1. The van der Waals surface area contributed by atoms with E-state index in [1.807, 2.05) is 36.4 Å². The molecule has 3 aliphatic rings. The molecular weight excluding hydrogens is 530 g/mol. The normalized spacial score (nSPS) is 21.4. The number of rotatable bonds is 4. The Bertz CT molecular complexity index is 1820. The van der Waals surface area contributed by atoms with Crippen LogP contribution in [0.25, 0.3) is 10.8 Å². The van der Waals surface area contributed by atoms with Gasteiger partial charge >= 0.3 is 6.03 Å². The Balaban J connectivity index is 1.22. The lowest BCUT2D eigenvalue weighted by molar-refractivity contribution is -0.121. The molecule has 42 heavy (non-hydrogen) atoms. The van der Waals surface area contributed by atoms with Crippen LogP contribution < -0.4 is 4.90 Å². The highest BCUT2D eigenvalue weighted by molar-refractivity contribution is 6.25. The van der Waals surface area contributed by atoms with Gasteiger partial charge < -0.3 is 9.80 Å². The highest BCUT2D eigenvalue weighted by Gasteiger charge is 2.63. The second-order valence-electron chi connectivity index (χ2n) is 12.2. The van der Waals surface area contributed by atoms with Crippen LogP contribution >= 0.6 is 0 Å². The van der Waals surface area contributed by atoms with E-state index < -0.39 is 18.1 Å². The maximum atomic E-state index is 14.2. The van der Waals surface area contributed by atoms with Crippen LogP contribution in [0, 0.1) is 11.3 Å². The van der Waals surface area contributed by atoms with Crippen LogP contribution in [-0.4, -0.2) is 67.1 Å². The lowest BCUT2D eigenvalue weighted by atomic mass is 9.92. The molecule has 0 spiro atoms. The number of likely N-dealkylation sites (tertiary alicyclic amines) is 1. The van der Waals surface area contributed by atoms with Gasteiger partial charge in [-0.25, -0.2) is 14.7 Å². The number of anilines is 1. The van der Waals surface area contributed by atoms with Crippen LogP contribution in [0.1, 0.15) is 54.6 Å². The van der Waals surface area contributed by atoms with Gasteiger partial charge in [0.05, 0.1) is 36.2 Å². The summed E-state index contributed by atoms with van der Waals surface area (Å²) in [6, 6.07) is 19.0. The summed E-state index contributed by atoms with van der Waals surface area (Å²) in [5.41, 5.74) is 2.63. The van der Waals surface area contributed by atoms with Gasteiger partial charge in [-0.3, -0.25) is 14.3 Å². The number of piperazine rings is 1. The van der Waals surface area contributed by atoms with Crippen molar-refractivity contribution in [3.05, 3.63) is 89.5 Å². The van der Waals surface area contributed by atoms with Crippen LogP contribution in [-0.2, 0) is 16.8 Å². The fraction of sp³-hybridized carbons (Fsp3) is 0.312. The van der Waals surface area contributed by atoms with Crippen LogP contribution in [0.3, 0.4) is 0 Å². The fourth-order valence-corrected chi connectivity index (χ4v) is 6.54. The third-order valence-electron chi connectivity index (χ3n) is 8.59. The molecule has 2 aromatic heterocycles. The largest absolute Gasteiger partial charge is 0.332 e. The van der Waals surface area contributed by atoms with E-state index in [1.165, 1.54) is 11.1 Å². The van der Waals surface area contributed by atoms with E-state index in [0.717, 1.165) is 11.3 Å². The summed E-state index contributed by atoms with van der Waals surface area (Å²) in [7, 11) is 0. The van der Waals surface area contributed by atoms with Gasteiger partial charge in [-0.2, -0.15) is 10.4 Å². The average Bonchev–Trinajstić information content (AvgIpc) is 3.75. The summed E-state index contributed by atoms with van der Waals surface area (Å²) in [6.45, 7) is 6.97. The minimum Gasteiger partial charge on any atom is -0.330 e. The van der Waals surface area contributed by atoms with Crippen molar-refractivity contribution in [1.82, 2.24) is 24.6 Å². The minimum atomic E-state index is -0.776. The van der Waals surface area contributed by atoms with Gasteiger partial charge in [0.15, 0.2) is 0 Å². The molecule has 4 aromatic rings. The van der Waals surface area contributed by atoms with Gasteiger partial charge in [0, 0.05) is 22.7 Å². The van der Waals surface area contributed by atoms with Crippen molar-refractivity contribution < 1.29 is 14.4 Å². The molecule has 3 aliphatic heterocycles. The number of urea groups is 1. The van der Waals surface area contributed by atoms with Gasteiger partial charge in [-0.05, 0) is 18.1 Å². The Hall–Kier alpha value is -5.04. The van der Waals surface area contributed by atoms with Crippen LogP contribution in [0.5, 0.6) is 0 Å². The summed E-state index contributed by atoms with van der Waals surface area (Å²) in [5, 5.41) is 15.5. The number of hydrogen-bond acceptors (Lipinski definition) is 6. The first-order chi connectivity index (χ1) is 20.2. The van der Waals surface area contributed by atoms with Crippen LogP contribution in [0.2, 0.25) is 0 Å². The number of aromatic nitrogens is 3. The van der Waals surface area contributed by atoms with E-state index in [-0.39, 0.29) is 29.0 Å². The van der Waals surface area contributed by atoms with Gasteiger partial charge in [0.25, 0.3) is 11.8 Å². The van der Waals surface area contributed by atoms with E-state index in [0.29, 0.717) is 41.7 Å². The van der Waals surface area contributed by atoms with Gasteiger partial charge in [0.2, 0.25) is 0 Å². The number of benzene rings is 2. The molecule has 0 N–H and O–H groups in total. The Kier molecular flexibility index (Phi) is 5.70. The number of nitrogens with zero attached hydrogens (tertiary/aromatic N) is 7. The quantitative estimate of drug-likeness (QED) is 0.348. The SMILES string of the molecule is CC(C)(C)c1cc(C(=O)N2C[C@H]3CC2C2C(=O)N(c4cnc(C#N)c5ccccc45)C(=O)N23)n(Cc2ccccc2)n1. The molecule has 7 rings (SSSR count). The molecule has 10 heteroatoms. The molecule has 5 heterocycles. The maximum Gasteiger partial charge on any atom is 0.332 e. The first kappa shape index (κ1) is 25.9. The molecule has 210 valence electrons. The Morgan fingerprint density at radius 1 is 1.05 bits per heavy atom. The Morgan fingerprint density at radius 2 is 1.76 bits per heavy atom. The third kappa shape index (κ3) is 3.80. The van der Waals surface area contributed by atoms with Gasteiger partial charge in [0.1, 0.15) is 23.5 Å². The number of imide groups is 1. The summed E-state index contributed by atoms with van der Waals surface area (Å²) in [6.07, 6.45) is 1.97. The molecule has 3 fully saturated rings. The van der Waals surface area contributed by atoms with Crippen molar-refractivity contribution >= 4 is 34.3 Å². The van der Waals surface area contributed by atoms with Crippen molar-refractivity contribution in [2.75, 3.05) is 11.4 Å². The molecule has 0 saturated carbocycles. The first-order valence-corrected chi connectivity index (χ1v) is 14.0. The highest BCUT2D eigenvalue weighted by atomic mass is 16.2.